The molecule has 2 N–H and O–H groups in total. The summed E-state index contributed by atoms with van der Waals surface area (Å²) in [5, 5.41) is 7.73. The van der Waals surface area contributed by atoms with E-state index in [2.05, 4.69) is 22.3 Å². The van der Waals surface area contributed by atoms with E-state index >= 15 is 0 Å². The fourth-order valence-electron chi connectivity index (χ4n) is 1.91. The highest BCUT2D eigenvalue weighted by Gasteiger charge is 2.17. The molecule has 5 nitrogen and oxygen atoms in total. The molecule has 0 atom stereocenters. The number of nitrogens with zero attached hydrogens (tertiary/aromatic N) is 4. The van der Waals surface area contributed by atoms with E-state index in [-0.39, 0.29) is 0 Å². The molecule has 0 aromatic carbocycles. The molecular weight excluding hydrogens is 178 g/mol. The number of anilines is 1. The van der Waals surface area contributed by atoms with E-state index in [1.54, 1.807) is 6.20 Å². The fourth-order valence-corrected chi connectivity index (χ4v) is 1.91. The predicted octanol–water partition coefficient (Wildman–Crippen LogP) is 0.202. The lowest BCUT2D eigenvalue weighted by molar-refractivity contribution is 0.200. The number of hydrogen-bond donors (Lipinski definition) is 1. The third kappa shape index (κ3) is 2.23. The van der Waals surface area contributed by atoms with Crippen molar-refractivity contribution in [2.45, 2.75) is 19.4 Å². The van der Waals surface area contributed by atoms with Crippen molar-refractivity contribution < 1.29 is 0 Å². The van der Waals surface area contributed by atoms with Crippen LogP contribution in [0.5, 0.6) is 0 Å². The Hall–Kier alpha value is -1.10. The molecule has 78 valence electrons. The first-order valence-electron chi connectivity index (χ1n) is 5.08. The highest BCUT2D eigenvalue weighted by Crippen LogP contribution is 2.17. The van der Waals surface area contributed by atoms with Gasteiger partial charge in [0.15, 0.2) is 5.82 Å². The third-order valence-corrected chi connectivity index (χ3v) is 2.84. The molecule has 0 radical (unpaired) electrons. The minimum atomic E-state index is 0.512. The molecule has 5 heteroatoms. The Labute approximate surface area is 83.9 Å². The van der Waals surface area contributed by atoms with Crippen molar-refractivity contribution in [3.8, 4) is 0 Å². The molecule has 2 heterocycles. The van der Waals surface area contributed by atoms with Gasteiger partial charge in [0.25, 0.3) is 0 Å². The molecule has 1 aliphatic rings. The SMILES string of the molecule is CN1CCC(Cn2cc(N)nn2)CC1. The summed E-state index contributed by atoms with van der Waals surface area (Å²) in [7, 11) is 2.17. The largest absolute Gasteiger partial charge is 0.381 e. The molecule has 14 heavy (non-hydrogen) atoms. The number of rotatable bonds is 2. The van der Waals surface area contributed by atoms with Crippen LogP contribution >= 0.6 is 0 Å². The lowest BCUT2D eigenvalue weighted by atomic mass is 9.97. The van der Waals surface area contributed by atoms with Crippen molar-refractivity contribution in [3.05, 3.63) is 6.20 Å². The molecule has 1 aromatic heterocycles. The van der Waals surface area contributed by atoms with Crippen LogP contribution < -0.4 is 5.73 Å². The van der Waals surface area contributed by atoms with E-state index in [9.17, 15) is 0 Å². The summed E-state index contributed by atoms with van der Waals surface area (Å²) < 4.78 is 1.85. The van der Waals surface area contributed by atoms with Gasteiger partial charge >= 0.3 is 0 Å². The summed E-state index contributed by atoms with van der Waals surface area (Å²) >= 11 is 0. The molecule has 1 saturated heterocycles. The average Bonchev–Trinajstić information content (AvgIpc) is 2.56. The van der Waals surface area contributed by atoms with Gasteiger partial charge in [0.1, 0.15) is 0 Å². The zero-order valence-corrected chi connectivity index (χ0v) is 8.56. The quantitative estimate of drug-likeness (QED) is 0.732. The molecule has 0 aliphatic carbocycles. The van der Waals surface area contributed by atoms with Crippen LogP contribution in [0.25, 0.3) is 0 Å². The van der Waals surface area contributed by atoms with E-state index in [1.807, 2.05) is 4.68 Å². The Balaban J connectivity index is 1.86. The van der Waals surface area contributed by atoms with Gasteiger partial charge in [-0.15, -0.1) is 5.10 Å². The van der Waals surface area contributed by atoms with Crippen LogP contribution in [0.4, 0.5) is 5.82 Å². The van der Waals surface area contributed by atoms with Crippen molar-refractivity contribution in [3.63, 3.8) is 0 Å². The van der Waals surface area contributed by atoms with E-state index in [1.165, 1.54) is 25.9 Å². The lowest BCUT2D eigenvalue weighted by Gasteiger charge is -2.28. The molecule has 0 bridgehead atoms. The summed E-state index contributed by atoms with van der Waals surface area (Å²) in [5.74, 6) is 1.24. The van der Waals surface area contributed by atoms with E-state index < -0.39 is 0 Å². The van der Waals surface area contributed by atoms with E-state index in [4.69, 9.17) is 5.73 Å². The molecule has 1 aliphatic heterocycles. The van der Waals surface area contributed by atoms with Gasteiger partial charge in [-0.3, -0.25) is 4.68 Å². The highest BCUT2D eigenvalue weighted by molar-refractivity contribution is 5.19. The summed E-state index contributed by atoms with van der Waals surface area (Å²) in [4.78, 5) is 2.37. The van der Waals surface area contributed by atoms with Crippen LogP contribution in [0.15, 0.2) is 6.20 Å². The van der Waals surface area contributed by atoms with Crippen molar-refractivity contribution in [1.29, 1.82) is 0 Å². The van der Waals surface area contributed by atoms with Gasteiger partial charge in [-0.05, 0) is 38.9 Å². The molecule has 0 unspecified atom stereocenters. The summed E-state index contributed by atoms with van der Waals surface area (Å²) in [5.41, 5.74) is 5.50. The van der Waals surface area contributed by atoms with Crippen LogP contribution in [0.3, 0.4) is 0 Å². The normalized spacial score (nSPS) is 20.1. The van der Waals surface area contributed by atoms with Gasteiger partial charge in [0.2, 0.25) is 0 Å². The van der Waals surface area contributed by atoms with Gasteiger partial charge in [-0.1, -0.05) is 5.21 Å². The maximum Gasteiger partial charge on any atom is 0.165 e. The number of piperidine rings is 1. The second-order valence-electron chi connectivity index (χ2n) is 4.11. The monoisotopic (exact) mass is 195 g/mol. The number of nitrogen functional groups attached to an aromatic ring is 1. The van der Waals surface area contributed by atoms with Crippen LogP contribution in [-0.4, -0.2) is 40.0 Å². The Bertz CT molecular complexity index is 287. The first-order chi connectivity index (χ1) is 6.74. The topological polar surface area (TPSA) is 60.0 Å². The molecule has 0 spiro atoms. The van der Waals surface area contributed by atoms with Crippen LogP contribution in [-0.2, 0) is 6.54 Å². The Morgan fingerprint density at radius 1 is 1.50 bits per heavy atom. The second kappa shape index (κ2) is 3.96. The summed E-state index contributed by atoms with van der Waals surface area (Å²) in [6.07, 6.45) is 4.30. The van der Waals surface area contributed by atoms with Crippen LogP contribution in [0.1, 0.15) is 12.8 Å². The summed E-state index contributed by atoms with van der Waals surface area (Å²) in [6.45, 7) is 3.34. The Morgan fingerprint density at radius 3 is 2.79 bits per heavy atom. The maximum absolute atomic E-state index is 5.50. The maximum atomic E-state index is 5.50. The lowest BCUT2D eigenvalue weighted by Crippen LogP contribution is -2.32. The van der Waals surface area contributed by atoms with E-state index in [0.29, 0.717) is 5.82 Å². The zero-order chi connectivity index (χ0) is 9.97. The molecular formula is C9H17N5. The van der Waals surface area contributed by atoms with Gasteiger partial charge in [-0.25, -0.2) is 0 Å². The Morgan fingerprint density at radius 2 is 2.21 bits per heavy atom. The molecule has 1 aromatic rings. The molecule has 0 saturated carbocycles. The minimum Gasteiger partial charge on any atom is -0.381 e. The first kappa shape index (κ1) is 9.45. The summed E-state index contributed by atoms with van der Waals surface area (Å²) in [6, 6.07) is 0. The molecule has 2 rings (SSSR count). The van der Waals surface area contributed by atoms with Crippen LogP contribution in [0, 0.1) is 5.92 Å². The standard InChI is InChI=1S/C9H17N5/c1-13-4-2-8(3-5-13)6-14-7-9(10)11-12-14/h7-8H,2-6,10H2,1H3. The minimum absolute atomic E-state index is 0.512. The second-order valence-corrected chi connectivity index (χ2v) is 4.11. The number of hydrogen-bond acceptors (Lipinski definition) is 4. The first-order valence-corrected chi connectivity index (χ1v) is 5.08. The van der Waals surface area contributed by atoms with Crippen molar-refractivity contribution in [2.24, 2.45) is 5.92 Å². The van der Waals surface area contributed by atoms with Crippen molar-refractivity contribution in [2.75, 3.05) is 25.9 Å². The highest BCUT2D eigenvalue weighted by atomic mass is 15.4. The predicted molar refractivity (Wildman–Crippen MR) is 54.7 cm³/mol. The third-order valence-electron chi connectivity index (χ3n) is 2.84. The van der Waals surface area contributed by atoms with Crippen LogP contribution in [0.2, 0.25) is 0 Å². The van der Waals surface area contributed by atoms with Crippen molar-refractivity contribution >= 4 is 5.82 Å². The van der Waals surface area contributed by atoms with Gasteiger partial charge < -0.3 is 10.6 Å². The van der Waals surface area contributed by atoms with Gasteiger partial charge in [-0.2, -0.15) is 0 Å². The number of nitrogens with two attached hydrogens (primary N) is 1. The fraction of sp³-hybridized carbons (Fsp3) is 0.778. The van der Waals surface area contributed by atoms with Crippen molar-refractivity contribution in [1.82, 2.24) is 19.9 Å². The van der Waals surface area contributed by atoms with Gasteiger partial charge in [0, 0.05) is 6.54 Å². The molecule has 0 amide bonds. The Kier molecular flexibility index (Phi) is 2.67. The number of aromatic nitrogens is 3. The molecule has 1 fully saturated rings. The smallest absolute Gasteiger partial charge is 0.165 e. The number of likely N-dealkylation sites (tertiary alicyclic amines) is 1. The average molecular weight is 195 g/mol. The van der Waals surface area contributed by atoms with E-state index in [0.717, 1.165) is 12.5 Å². The van der Waals surface area contributed by atoms with Gasteiger partial charge in [0.05, 0.1) is 6.20 Å². The zero-order valence-electron chi connectivity index (χ0n) is 8.56.